The smallest absolute Gasteiger partial charge is 0.241 e. The number of sulfonamides is 1. The zero-order valence-corrected chi connectivity index (χ0v) is 12.3. The molecule has 0 aliphatic heterocycles. The highest BCUT2D eigenvalue weighted by molar-refractivity contribution is 7.89. The number of benzene rings is 1. The van der Waals surface area contributed by atoms with Gasteiger partial charge in [0.2, 0.25) is 15.9 Å². The second kappa shape index (κ2) is 5.58. The number of nitrogens with zero attached hydrogens (tertiary/aromatic N) is 1. The average Bonchev–Trinajstić information content (AvgIpc) is 2.30. The zero-order valence-electron chi connectivity index (χ0n) is 11.5. The summed E-state index contributed by atoms with van der Waals surface area (Å²) in [6.45, 7) is 3.13. The molecule has 1 aromatic carbocycles. The fourth-order valence-electron chi connectivity index (χ4n) is 1.66. The molecule has 106 valence electrons. The van der Waals surface area contributed by atoms with E-state index in [-0.39, 0.29) is 10.8 Å². The standard InChI is InChI=1S/C12H19N3O3S/c1-8-10(13)6-5-7-11(8)19(17,18)14-9(2)12(16)15(3)4/h5-7,9,14H,13H2,1-4H3. The highest BCUT2D eigenvalue weighted by atomic mass is 32.2. The second-order valence-corrected chi connectivity index (χ2v) is 6.23. The minimum absolute atomic E-state index is 0.0888. The number of hydrogen-bond donors (Lipinski definition) is 2. The number of hydrogen-bond acceptors (Lipinski definition) is 4. The van der Waals surface area contributed by atoms with Crippen LogP contribution in [0, 0.1) is 6.92 Å². The summed E-state index contributed by atoms with van der Waals surface area (Å²) in [6.07, 6.45) is 0. The Kier molecular flexibility index (Phi) is 4.54. The molecule has 7 heteroatoms. The third-order valence-corrected chi connectivity index (χ3v) is 4.44. The molecule has 0 bridgehead atoms. The largest absolute Gasteiger partial charge is 0.398 e. The molecule has 1 amide bonds. The van der Waals surface area contributed by atoms with Crippen molar-refractivity contribution in [2.75, 3.05) is 19.8 Å². The Bertz CT molecular complexity index is 582. The van der Waals surface area contributed by atoms with Gasteiger partial charge in [0.05, 0.1) is 10.9 Å². The lowest BCUT2D eigenvalue weighted by atomic mass is 10.2. The number of likely N-dealkylation sites (N-methyl/N-ethyl adjacent to an activating group) is 1. The molecule has 0 saturated heterocycles. The van der Waals surface area contributed by atoms with Crippen LogP contribution in [0.1, 0.15) is 12.5 Å². The summed E-state index contributed by atoms with van der Waals surface area (Å²) < 4.78 is 26.8. The maximum absolute atomic E-state index is 12.2. The van der Waals surface area contributed by atoms with E-state index >= 15 is 0 Å². The molecular formula is C12H19N3O3S. The van der Waals surface area contributed by atoms with E-state index in [0.717, 1.165) is 0 Å². The molecule has 6 nitrogen and oxygen atoms in total. The summed E-state index contributed by atoms with van der Waals surface area (Å²) in [7, 11) is -0.632. The van der Waals surface area contributed by atoms with Crippen molar-refractivity contribution in [1.82, 2.24) is 9.62 Å². The average molecular weight is 285 g/mol. The minimum atomic E-state index is -3.77. The van der Waals surface area contributed by atoms with E-state index in [4.69, 9.17) is 5.73 Å². The van der Waals surface area contributed by atoms with Gasteiger partial charge in [0.15, 0.2) is 0 Å². The number of anilines is 1. The molecule has 0 fully saturated rings. The molecule has 0 aromatic heterocycles. The van der Waals surface area contributed by atoms with Gasteiger partial charge in [-0.15, -0.1) is 0 Å². The van der Waals surface area contributed by atoms with Gasteiger partial charge in [0, 0.05) is 19.8 Å². The lowest BCUT2D eigenvalue weighted by molar-refractivity contribution is -0.130. The van der Waals surface area contributed by atoms with E-state index in [1.165, 1.54) is 17.9 Å². The molecule has 1 unspecified atom stereocenters. The SMILES string of the molecule is Cc1c(N)cccc1S(=O)(=O)NC(C)C(=O)N(C)C. The quantitative estimate of drug-likeness (QED) is 0.780. The number of carbonyl (C=O) groups is 1. The number of nitrogens with one attached hydrogen (secondary N) is 1. The van der Waals surface area contributed by atoms with Crippen molar-refractivity contribution in [2.45, 2.75) is 24.8 Å². The summed E-state index contributed by atoms with van der Waals surface area (Å²) >= 11 is 0. The maximum atomic E-state index is 12.2. The zero-order chi connectivity index (χ0) is 14.8. The molecule has 1 atom stereocenters. The summed E-state index contributed by atoms with van der Waals surface area (Å²) in [5.74, 6) is -0.315. The van der Waals surface area contributed by atoms with E-state index in [2.05, 4.69) is 4.72 Å². The molecule has 0 radical (unpaired) electrons. The molecule has 1 aromatic rings. The van der Waals surface area contributed by atoms with Crippen molar-refractivity contribution >= 4 is 21.6 Å². The Labute approximate surface area is 113 Å². The lowest BCUT2D eigenvalue weighted by Crippen LogP contribution is -2.44. The second-order valence-electron chi connectivity index (χ2n) is 4.55. The van der Waals surface area contributed by atoms with Gasteiger partial charge in [0.25, 0.3) is 0 Å². The first-order valence-corrected chi connectivity index (χ1v) is 7.23. The molecule has 0 spiro atoms. The van der Waals surface area contributed by atoms with Crippen LogP contribution in [-0.4, -0.2) is 39.4 Å². The molecule has 0 aliphatic rings. The molecule has 3 N–H and O–H groups in total. The number of nitrogens with two attached hydrogens (primary N) is 1. The van der Waals surface area contributed by atoms with Crippen LogP contribution >= 0.6 is 0 Å². The van der Waals surface area contributed by atoms with Crippen LogP contribution < -0.4 is 10.5 Å². The van der Waals surface area contributed by atoms with Crippen molar-refractivity contribution in [3.05, 3.63) is 23.8 Å². The number of amides is 1. The third-order valence-electron chi connectivity index (χ3n) is 2.76. The predicted molar refractivity (Wildman–Crippen MR) is 74.1 cm³/mol. The summed E-state index contributed by atoms with van der Waals surface area (Å²) in [5, 5.41) is 0. The summed E-state index contributed by atoms with van der Waals surface area (Å²) in [6, 6.07) is 3.82. The Morgan fingerprint density at radius 2 is 1.95 bits per heavy atom. The van der Waals surface area contributed by atoms with Gasteiger partial charge in [0.1, 0.15) is 0 Å². The number of rotatable bonds is 4. The number of nitrogen functional groups attached to an aromatic ring is 1. The molecule has 0 heterocycles. The van der Waals surface area contributed by atoms with Gasteiger partial charge in [-0.2, -0.15) is 4.72 Å². The first-order valence-electron chi connectivity index (χ1n) is 5.75. The Morgan fingerprint density at radius 3 is 2.47 bits per heavy atom. The fraction of sp³-hybridized carbons (Fsp3) is 0.417. The Hall–Kier alpha value is -1.60. The van der Waals surface area contributed by atoms with E-state index in [1.54, 1.807) is 33.2 Å². The molecule has 19 heavy (non-hydrogen) atoms. The fourth-order valence-corrected chi connectivity index (χ4v) is 3.13. The van der Waals surface area contributed by atoms with Gasteiger partial charge in [-0.05, 0) is 31.5 Å². The number of carbonyl (C=O) groups excluding carboxylic acids is 1. The van der Waals surface area contributed by atoms with Crippen molar-refractivity contribution in [1.29, 1.82) is 0 Å². The van der Waals surface area contributed by atoms with Gasteiger partial charge in [-0.1, -0.05) is 6.07 Å². The molecule has 0 saturated carbocycles. The van der Waals surface area contributed by atoms with Gasteiger partial charge in [-0.3, -0.25) is 4.79 Å². The van der Waals surface area contributed by atoms with Crippen molar-refractivity contribution in [3.63, 3.8) is 0 Å². The van der Waals surface area contributed by atoms with Gasteiger partial charge < -0.3 is 10.6 Å². The van der Waals surface area contributed by atoms with E-state index in [1.807, 2.05) is 0 Å². The lowest BCUT2D eigenvalue weighted by Gasteiger charge is -2.19. The van der Waals surface area contributed by atoms with Gasteiger partial charge >= 0.3 is 0 Å². The summed E-state index contributed by atoms with van der Waals surface area (Å²) in [5.41, 5.74) is 6.56. The van der Waals surface area contributed by atoms with Crippen LogP contribution in [0.4, 0.5) is 5.69 Å². The van der Waals surface area contributed by atoms with Crippen molar-refractivity contribution in [3.8, 4) is 0 Å². The highest BCUT2D eigenvalue weighted by Gasteiger charge is 2.24. The monoisotopic (exact) mass is 285 g/mol. The van der Waals surface area contributed by atoms with E-state index in [0.29, 0.717) is 11.3 Å². The Balaban J connectivity index is 3.06. The van der Waals surface area contributed by atoms with Crippen LogP contribution in [0.25, 0.3) is 0 Å². The highest BCUT2D eigenvalue weighted by Crippen LogP contribution is 2.20. The van der Waals surface area contributed by atoms with E-state index < -0.39 is 16.1 Å². The first kappa shape index (κ1) is 15.5. The minimum Gasteiger partial charge on any atom is -0.398 e. The molecule has 0 aliphatic carbocycles. The maximum Gasteiger partial charge on any atom is 0.241 e. The van der Waals surface area contributed by atoms with Crippen molar-refractivity contribution in [2.24, 2.45) is 0 Å². The van der Waals surface area contributed by atoms with Crippen LogP contribution in [0.2, 0.25) is 0 Å². The van der Waals surface area contributed by atoms with E-state index in [9.17, 15) is 13.2 Å². The van der Waals surface area contributed by atoms with Gasteiger partial charge in [-0.25, -0.2) is 8.42 Å². The van der Waals surface area contributed by atoms with Crippen LogP contribution in [0.3, 0.4) is 0 Å². The third kappa shape index (κ3) is 3.45. The normalized spacial score (nSPS) is 13.1. The van der Waals surface area contributed by atoms with Crippen LogP contribution in [0.15, 0.2) is 23.1 Å². The first-order chi connectivity index (χ1) is 8.66. The molecular weight excluding hydrogens is 266 g/mol. The molecule has 1 rings (SSSR count). The van der Waals surface area contributed by atoms with Crippen LogP contribution in [0.5, 0.6) is 0 Å². The predicted octanol–water partition coefficient (Wildman–Crippen LogP) is 0.332. The van der Waals surface area contributed by atoms with Crippen molar-refractivity contribution < 1.29 is 13.2 Å². The summed E-state index contributed by atoms with van der Waals surface area (Å²) in [4.78, 5) is 13.1. The topological polar surface area (TPSA) is 92.5 Å². The Morgan fingerprint density at radius 1 is 1.37 bits per heavy atom. The van der Waals surface area contributed by atoms with Crippen LogP contribution in [-0.2, 0) is 14.8 Å².